The predicted molar refractivity (Wildman–Crippen MR) is 140 cm³/mol. The summed E-state index contributed by atoms with van der Waals surface area (Å²) in [7, 11) is 0. The largest absolute Gasteiger partial charge is 0.314 e. The molecule has 5 rings (SSSR count). The lowest BCUT2D eigenvalue weighted by atomic mass is 9.79. The first kappa shape index (κ1) is 23.9. The van der Waals surface area contributed by atoms with Crippen LogP contribution in [0.1, 0.15) is 52.1 Å². The molecule has 35 heavy (non-hydrogen) atoms. The van der Waals surface area contributed by atoms with E-state index in [9.17, 15) is 8.78 Å². The highest BCUT2D eigenvalue weighted by Crippen LogP contribution is 2.38. The number of nitrogens with one attached hydrogen (secondary N) is 1. The van der Waals surface area contributed by atoms with E-state index in [1.54, 1.807) is 0 Å². The lowest BCUT2D eigenvalue weighted by Gasteiger charge is -2.39. The van der Waals surface area contributed by atoms with Gasteiger partial charge in [-0.15, -0.1) is 0 Å². The van der Waals surface area contributed by atoms with Gasteiger partial charge in [-0.05, 0) is 90.8 Å². The van der Waals surface area contributed by atoms with Crippen molar-refractivity contribution in [2.45, 2.75) is 45.1 Å². The number of hydrogen-bond acceptors (Lipinski definition) is 2. The predicted octanol–water partition coefficient (Wildman–Crippen LogP) is 6.41. The summed E-state index contributed by atoms with van der Waals surface area (Å²) in [4.78, 5) is 2.54. The van der Waals surface area contributed by atoms with Crippen molar-refractivity contribution in [2.24, 2.45) is 0 Å². The first-order chi connectivity index (χ1) is 17.0. The molecule has 1 aliphatic heterocycles. The van der Waals surface area contributed by atoms with E-state index in [1.165, 1.54) is 52.1 Å². The number of allylic oxidation sites excluding steroid dienone is 1. The quantitative estimate of drug-likeness (QED) is 0.462. The Hall–Kier alpha value is -2.82. The van der Waals surface area contributed by atoms with E-state index in [0.717, 1.165) is 56.6 Å². The van der Waals surface area contributed by atoms with Crippen molar-refractivity contribution < 1.29 is 8.78 Å². The van der Waals surface area contributed by atoms with Gasteiger partial charge < -0.3 is 5.32 Å². The summed E-state index contributed by atoms with van der Waals surface area (Å²) in [5, 5.41) is 3.48. The number of hydrogen-bond donors (Lipinski definition) is 1. The number of rotatable bonds is 5. The third kappa shape index (κ3) is 5.24. The molecule has 0 saturated carbocycles. The molecule has 3 aromatic carbocycles. The zero-order valence-corrected chi connectivity index (χ0v) is 20.7. The molecule has 3 aromatic rings. The smallest absolute Gasteiger partial charge is 0.123 e. The van der Waals surface area contributed by atoms with E-state index >= 15 is 0 Å². The molecule has 1 N–H and O–H groups in total. The van der Waals surface area contributed by atoms with Crippen LogP contribution in [0.15, 0.2) is 66.7 Å². The molecular weight excluding hydrogens is 438 g/mol. The minimum Gasteiger partial charge on any atom is -0.314 e. The highest BCUT2D eigenvalue weighted by molar-refractivity contribution is 5.72. The van der Waals surface area contributed by atoms with Crippen molar-refractivity contribution in [2.75, 3.05) is 26.2 Å². The Balaban J connectivity index is 1.66. The van der Waals surface area contributed by atoms with Gasteiger partial charge in [0.05, 0.1) is 0 Å². The van der Waals surface area contributed by atoms with E-state index in [0.29, 0.717) is 0 Å². The van der Waals surface area contributed by atoms with Gasteiger partial charge in [0, 0.05) is 38.1 Å². The maximum atomic E-state index is 13.9. The second kappa shape index (κ2) is 10.4. The van der Waals surface area contributed by atoms with Gasteiger partial charge in [0.25, 0.3) is 0 Å². The standard InChI is InChI=1S/C31H34F2N2/c1-21-18-22(2)28-5-3-4-25(29(28)19-21)20-30(35-16-14-34-15-17-35)31(23-6-10-26(32)11-7-23)24-8-12-27(33)13-9-24/h6-13,18-20,30-31,34H,3-5,14-17H2,1-2H3. The molecule has 1 atom stereocenters. The molecule has 1 unspecified atom stereocenters. The molecule has 1 aliphatic carbocycles. The maximum absolute atomic E-state index is 13.9. The van der Waals surface area contributed by atoms with Gasteiger partial charge in [0.15, 0.2) is 0 Å². The van der Waals surface area contributed by atoms with Crippen LogP contribution in [-0.2, 0) is 6.42 Å². The lowest BCUT2D eigenvalue weighted by molar-refractivity contribution is 0.189. The number of aryl methyl sites for hydroxylation is 2. The van der Waals surface area contributed by atoms with Crippen LogP contribution in [0.3, 0.4) is 0 Å². The summed E-state index contributed by atoms with van der Waals surface area (Å²) in [6.07, 6.45) is 5.79. The molecule has 2 aliphatic rings. The number of benzene rings is 3. The van der Waals surface area contributed by atoms with Crippen molar-refractivity contribution >= 4 is 5.57 Å². The first-order valence-corrected chi connectivity index (χ1v) is 12.8. The summed E-state index contributed by atoms with van der Waals surface area (Å²) < 4.78 is 27.8. The number of fused-ring (bicyclic) bond motifs is 1. The molecule has 1 saturated heterocycles. The van der Waals surface area contributed by atoms with Gasteiger partial charge in [0.2, 0.25) is 0 Å². The SMILES string of the molecule is Cc1cc(C)c2c(c1)C(=CC(C(c1ccc(F)cc1)c1ccc(F)cc1)N1CCNCC1)CCC2. The number of nitrogens with zero attached hydrogens (tertiary/aromatic N) is 1. The molecule has 182 valence electrons. The minimum absolute atomic E-state index is 0.0296. The van der Waals surface area contributed by atoms with Gasteiger partial charge in [-0.2, -0.15) is 0 Å². The Morgan fingerprint density at radius 3 is 2.03 bits per heavy atom. The maximum Gasteiger partial charge on any atom is 0.123 e. The van der Waals surface area contributed by atoms with Gasteiger partial charge in [0.1, 0.15) is 11.6 Å². The highest BCUT2D eigenvalue weighted by atomic mass is 19.1. The molecule has 0 amide bonds. The Labute approximate surface area is 207 Å². The van der Waals surface area contributed by atoms with Crippen LogP contribution >= 0.6 is 0 Å². The van der Waals surface area contributed by atoms with Gasteiger partial charge >= 0.3 is 0 Å². The van der Waals surface area contributed by atoms with Crippen molar-refractivity contribution in [3.63, 3.8) is 0 Å². The van der Waals surface area contributed by atoms with E-state index < -0.39 is 0 Å². The second-order valence-electron chi connectivity index (χ2n) is 10.0. The normalized spacial score (nSPS) is 18.6. The topological polar surface area (TPSA) is 15.3 Å². The molecule has 1 heterocycles. The van der Waals surface area contributed by atoms with Crippen LogP contribution in [0.25, 0.3) is 5.57 Å². The molecule has 0 aromatic heterocycles. The minimum atomic E-state index is -0.240. The Morgan fingerprint density at radius 2 is 1.43 bits per heavy atom. The van der Waals surface area contributed by atoms with Crippen molar-refractivity contribution in [1.29, 1.82) is 0 Å². The molecule has 2 nitrogen and oxygen atoms in total. The third-order valence-corrected chi connectivity index (χ3v) is 7.58. The van der Waals surface area contributed by atoms with Crippen LogP contribution in [0.2, 0.25) is 0 Å². The van der Waals surface area contributed by atoms with Crippen LogP contribution in [0.4, 0.5) is 8.78 Å². The molecule has 0 bridgehead atoms. The summed E-state index contributed by atoms with van der Waals surface area (Å²) >= 11 is 0. The van der Waals surface area contributed by atoms with Crippen molar-refractivity contribution in [3.8, 4) is 0 Å². The zero-order chi connectivity index (χ0) is 24.4. The Bertz CT molecular complexity index is 1150. The summed E-state index contributed by atoms with van der Waals surface area (Å²) in [5.74, 6) is -0.509. The first-order valence-electron chi connectivity index (χ1n) is 12.8. The number of piperazine rings is 1. The fourth-order valence-corrected chi connectivity index (χ4v) is 5.91. The molecule has 0 spiro atoms. The monoisotopic (exact) mass is 472 g/mol. The van der Waals surface area contributed by atoms with Crippen LogP contribution < -0.4 is 5.32 Å². The molecule has 4 heteroatoms. The fraction of sp³-hybridized carbons (Fsp3) is 0.355. The van der Waals surface area contributed by atoms with Crippen molar-refractivity contribution in [1.82, 2.24) is 10.2 Å². The summed E-state index contributed by atoms with van der Waals surface area (Å²) in [6.45, 7) is 8.15. The Kier molecular flexibility index (Phi) is 7.12. The zero-order valence-electron chi connectivity index (χ0n) is 20.7. The van der Waals surface area contributed by atoms with Crippen LogP contribution in [0.5, 0.6) is 0 Å². The summed E-state index contributed by atoms with van der Waals surface area (Å²) in [5.41, 5.74) is 9.01. The molecular formula is C31H34F2N2. The van der Waals surface area contributed by atoms with Gasteiger partial charge in [-0.3, -0.25) is 4.90 Å². The van der Waals surface area contributed by atoms with Gasteiger partial charge in [-0.25, -0.2) is 8.78 Å². The van der Waals surface area contributed by atoms with Crippen LogP contribution in [-0.4, -0.2) is 37.1 Å². The second-order valence-corrected chi connectivity index (χ2v) is 10.0. The lowest BCUT2D eigenvalue weighted by Crippen LogP contribution is -2.50. The van der Waals surface area contributed by atoms with Gasteiger partial charge in [-0.1, -0.05) is 48.0 Å². The van der Waals surface area contributed by atoms with E-state index in [4.69, 9.17) is 0 Å². The highest BCUT2D eigenvalue weighted by Gasteiger charge is 2.31. The van der Waals surface area contributed by atoms with E-state index in [2.05, 4.69) is 42.3 Å². The van der Waals surface area contributed by atoms with Crippen molar-refractivity contribution in [3.05, 3.63) is 112 Å². The van der Waals surface area contributed by atoms with E-state index in [-0.39, 0.29) is 23.6 Å². The van der Waals surface area contributed by atoms with E-state index in [1.807, 2.05) is 24.3 Å². The third-order valence-electron chi connectivity index (χ3n) is 7.58. The molecule has 1 fully saturated rings. The fourth-order valence-electron chi connectivity index (χ4n) is 5.91. The van der Waals surface area contributed by atoms with Crippen LogP contribution in [0, 0.1) is 25.5 Å². The number of halogens is 2. The summed E-state index contributed by atoms with van der Waals surface area (Å²) in [6, 6.07) is 18.4. The molecule has 0 radical (unpaired) electrons. The Morgan fingerprint density at radius 1 is 0.829 bits per heavy atom. The average Bonchev–Trinajstić information content (AvgIpc) is 2.86. The average molecular weight is 473 g/mol.